The molecule has 1 heterocycles. The van der Waals surface area contributed by atoms with E-state index in [-0.39, 0.29) is 18.0 Å². The molecule has 0 fully saturated rings. The lowest BCUT2D eigenvalue weighted by Gasteiger charge is -2.23. The van der Waals surface area contributed by atoms with Crippen molar-refractivity contribution in [3.05, 3.63) is 41.7 Å². The lowest BCUT2D eigenvalue weighted by atomic mass is 10.1. The fraction of sp³-hybridized carbons (Fsp3) is 0.571. The van der Waals surface area contributed by atoms with Crippen LogP contribution in [0.4, 0.5) is 0 Å². The summed E-state index contributed by atoms with van der Waals surface area (Å²) in [4.78, 5) is 14.5. The minimum Gasteiger partial charge on any atom is -0.353 e. The Morgan fingerprint density at radius 1 is 1.18 bits per heavy atom. The number of nitrogens with zero attached hydrogens (tertiary/aromatic N) is 4. The van der Waals surface area contributed by atoms with Crippen LogP contribution in [0, 0.1) is 5.92 Å². The quantitative estimate of drug-likeness (QED) is 0.614. The third-order valence-electron chi connectivity index (χ3n) is 4.96. The van der Waals surface area contributed by atoms with Gasteiger partial charge in [0.1, 0.15) is 0 Å². The molecule has 1 aromatic carbocycles. The van der Waals surface area contributed by atoms with Crippen LogP contribution in [0.15, 0.2) is 35.5 Å². The van der Waals surface area contributed by atoms with Crippen molar-refractivity contribution < 1.29 is 4.79 Å². The first-order valence-electron chi connectivity index (χ1n) is 9.89. The number of aromatic nitrogens is 3. The predicted octanol–water partition coefficient (Wildman–Crippen LogP) is 3.59. The number of carbonyl (C=O) groups excluding carboxylic acids is 1. The molecule has 154 valence electrons. The molecule has 6 nitrogen and oxygen atoms in total. The molecule has 1 amide bonds. The lowest BCUT2D eigenvalue weighted by Crippen LogP contribution is -2.37. The maximum Gasteiger partial charge on any atom is 0.230 e. The zero-order valence-corrected chi connectivity index (χ0v) is 18.7. The van der Waals surface area contributed by atoms with Gasteiger partial charge in [-0.05, 0) is 38.9 Å². The number of hydrogen-bond donors (Lipinski definition) is 1. The Bertz CT molecular complexity index is 745. The molecule has 2 atom stereocenters. The molecule has 0 spiro atoms. The van der Waals surface area contributed by atoms with Crippen molar-refractivity contribution in [3.63, 3.8) is 0 Å². The summed E-state index contributed by atoms with van der Waals surface area (Å²) >= 11 is 1.45. The minimum absolute atomic E-state index is 0.0293. The maximum absolute atomic E-state index is 12.3. The molecular weight excluding hydrogens is 370 g/mol. The Morgan fingerprint density at radius 2 is 1.86 bits per heavy atom. The van der Waals surface area contributed by atoms with Crippen LogP contribution in [0.3, 0.4) is 0 Å². The van der Waals surface area contributed by atoms with Crippen LogP contribution in [0.5, 0.6) is 0 Å². The second kappa shape index (κ2) is 10.6. The first-order chi connectivity index (χ1) is 13.3. The van der Waals surface area contributed by atoms with E-state index in [1.54, 1.807) is 0 Å². The van der Waals surface area contributed by atoms with Crippen LogP contribution in [0.1, 0.15) is 51.5 Å². The highest BCUT2D eigenvalue weighted by atomic mass is 32.2. The molecule has 0 saturated carbocycles. The number of carbonyl (C=O) groups is 1. The fourth-order valence-electron chi connectivity index (χ4n) is 2.94. The van der Waals surface area contributed by atoms with Crippen molar-refractivity contribution in [1.82, 2.24) is 25.0 Å². The number of rotatable bonds is 10. The second-order valence-electron chi connectivity index (χ2n) is 7.69. The zero-order valence-electron chi connectivity index (χ0n) is 17.8. The smallest absolute Gasteiger partial charge is 0.230 e. The van der Waals surface area contributed by atoms with Gasteiger partial charge in [0, 0.05) is 6.04 Å². The molecule has 7 heteroatoms. The van der Waals surface area contributed by atoms with Gasteiger partial charge in [0.15, 0.2) is 11.0 Å². The molecule has 0 bridgehead atoms. The number of hydrogen-bond acceptors (Lipinski definition) is 5. The molecule has 2 rings (SSSR count). The van der Waals surface area contributed by atoms with Crippen molar-refractivity contribution in [3.8, 4) is 0 Å². The molecule has 28 heavy (non-hydrogen) atoms. The van der Waals surface area contributed by atoms with Gasteiger partial charge in [-0.15, -0.1) is 10.2 Å². The highest BCUT2D eigenvalue weighted by molar-refractivity contribution is 7.99. The van der Waals surface area contributed by atoms with Gasteiger partial charge in [0.05, 0.1) is 18.3 Å². The van der Waals surface area contributed by atoms with E-state index in [9.17, 15) is 4.79 Å². The molecule has 0 aliphatic rings. The second-order valence-corrected chi connectivity index (χ2v) is 8.63. The number of thioether (sulfide) groups is 1. The van der Waals surface area contributed by atoms with Crippen molar-refractivity contribution >= 4 is 17.7 Å². The van der Waals surface area contributed by atoms with Gasteiger partial charge < -0.3 is 9.88 Å². The van der Waals surface area contributed by atoms with Crippen molar-refractivity contribution in [1.29, 1.82) is 0 Å². The maximum atomic E-state index is 12.3. The van der Waals surface area contributed by atoms with E-state index < -0.39 is 0 Å². The lowest BCUT2D eigenvalue weighted by molar-refractivity contribution is -0.119. The summed E-state index contributed by atoms with van der Waals surface area (Å²) in [7, 11) is 4.12. The van der Waals surface area contributed by atoms with E-state index in [4.69, 9.17) is 0 Å². The van der Waals surface area contributed by atoms with Gasteiger partial charge in [0.2, 0.25) is 5.91 Å². The average Bonchev–Trinajstić information content (AvgIpc) is 3.03. The van der Waals surface area contributed by atoms with Crippen molar-refractivity contribution in [2.75, 3.05) is 19.8 Å². The monoisotopic (exact) mass is 403 g/mol. The first-order valence-corrected chi connectivity index (χ1v) is 10.9. The van der Waals surface area contributed by atoms with Crippen LogP contribution in [-0.2, 0) is 11.3 Å². The average molecular weight is 404 g/mol. The van der Waals surface area contributed by atoms with E-state index >= 15 is 0 Å². The van der Waals surface area contributed by atoms with Crippen LogP contribution < -0.4 is 5.32 Å². The summed E-state index contributed by atoms with van der Waals surface area (Å²) < 4.78 is 2.15. The number of amides is 1. The Morgan fingerprint density at radius 3 is 2.43 bits per heavy atom. The topological polar surface area (TPSA) is 63.1 Å². The van der Waals surface area contributed by atoms with Crippen molar-refractivity contribution in [2.45, 2.75) is 57.9 Å². The predicted molar refractivity (Wildman–Crippen MR) is 115 cm³/mol. The molecular formula is C21H33N5OS. The molecule has 1 N–H and O–H groups in total. The summed E-state index contributed by atoms with van der Waals surface area (Å²) in [5.74, 6) is 1.71. The van der Waals surface area contributed by atoms with E-state index in [0.29, 0.717) is 18.2 Å². The summed E-state index contributed by atoms with van der Waals surface area (Å²) in [5, 5.41) is 12.7. The molecule has 0 saturated heterocycles. The third kappa shape index (κ3) is 6.07. The van der Waals surface area contributed by atoms with Gasteiger partial charge in [-0.3, -0.25) is 9.69 Å². The molecule has 1 aromatic heterocycles. The molecule has 0 aliphatic heterocycles. The SMILES string of the molecule is CC[C@H](c1nnc(SCC(=O)N[C@H](C)C(C)C)n1Cc1ccccc1)N(C)C. The van der Waals surface area contributed by atoms with Crippen LogP contribution in [-0.4, -0.2) is 51.5 Å². The number of nitrogens with one attached hydrogen (secondary N) is 1. The first kappa shape index (κ1) is 22.4. The third-order valence-corrected chi connectivity index (χ3v) is 5.92. The van der Waals surface area contributed by atoms with E-state index in [2.05, 4.69) is 72.0 Å². The Hall–Kier alpha value is -1.86. The minimum atomic E-state index is 0.0293. The summed E-state index contributed by atoms with van der Waals surface area (Å²) in [6.07, 6.45) is 0.941. The normalized spacial score (nSPS) is 13.7. The summed E-state index contributed by atoms with van der Waals surface area (Å²) in [5.41, 5.74) is 1.19. The largest absolute Gasteiger partial charge is 0.353 e. The Kier molecular flexibility index (Phi) is 8.51. The van der Waals surface area contributed by atoms with E-state index in [0.717, 1.165) is 17.4 Å². The molecule has 2 aromatic rings. The van der Waals surface area contributed by atoms with Gasteiger partial charge in [-0.25, -0.2) is 0 Å². The number of benzene rings is 1. The highest BCUT2D eigenvalue weighted by Crippen LogP contribution is 2.26. The van der Waals surface area contributed by atoms with Crippen LogP contribution in [0.25, 0.3) is 0 Å². The van der Waals surface area contributed by atoms with Gasteiger partial charge in [-0.1, -0.05) is 62.9 Å². The zero-order chi connectivity index (χ0) is 20.7. The molecule has 0 radical (unpaired) electrons. The van der Waals surface area contributed by atoms with Crippen LogP contribution in [0.2, 0.25) is 0 Å². The standard InChI is InChI=1S/C21H33N5OS/c1-7-18(25(5)6)20-23-24-21(26(20)13-17-11-9-8-10-12-17)28-14-19(27)22-16(4)15(2)3/h8-12,15-16,18H,7,13-14H2,1-6H3,(H,22,27)/t16-,18-/m1/s1. The highest BCUT2D eigenvalue weighted by Gasteiger charge is 2.23. The summed E-state index contributed by atoms with van der Waals surface area (Å²) in [6.45, 7) is 9.09. The van der Waals surface area contributed by atoms with E-state index in [1.165, 1.54) is 17.3 Å². The van der Waals surface area contributed by atoms with Gasteiger partial charge in [-0.2, -0.15) is 0 Å². The fourth-order valence-corrected chi connectivity index (χ4v) is 3.69. The summed E-state index contributed by atoms with van der Waals surface area (Å²) in [6, 6.07) is 10.6. The molecule has 0 unspecified atom stereocenters. The molecule has 0 aliphatic carbocycles. The van der Waals surface area contributed by atoms with Crippen LogP contribution >= 0.6 is 11.8 Å². The van der Waals surface area contributed by atoms with E-state index in [1.807, 2.05) is 25.1 Å². The van der Waals surface area contributed by atoms with Gasteiger partial charge >= 0.3 is 0 Å². The Labute approximate surface area is 173 Å². The Balaban J connectivity index is 2.21. The van der Waals surface area contributed by atoms with Crippen molar-refractivity contribution in [2.24, 2.45) is 5.92 Å². The van der Waals surface area contributed by atoms with Gasteiger partial charge in [0.25, 0.3) is 0 Å².